The lowest BCUT2D eigenvalue weighted by Gasteiger charge is -2.12. The van der Waals surface area contributed by atoms with Crippen LogP contribution >= 0.6 is 0 Å². The zero-order chi connectivity index (χ0) is 15.1. The van der Waals surface area contributed by atoms with Crippen LogP contribution in [0.1, 0.15) is 22.8 Å². The molecule has 0 saturated heterocycles. The van der Waals surface area contributed by atoms with Gasteiger partial charge in [0.25, 0.3) is 0 Å². The number of nitrogens with zero attached hydrogens (tertiary/aromatic N) is 1. The molecule has 0 aromatic heterocycles. The first-order valence-electron chi connectivity index (χ1n) is 6.81. The number of nitriles is 1. The summed E-state index contributed by atoms with van der Waals surface area (Å²) in [6, 6.07) is 20.3. The number of carbonyl (C=O) groups excluding carboxylic acids is 1. The van der Waals surface area contributed by atoms with Crippen molar-refractivity contribution in [3.05, 3.63) is 77.4 Å². The predicted molar refractivity (Wildman–Crippen MR) is 83.4 cm³/mol. The van der Waals surface area contributed by atoms with E-state index in [9.17, 15) is 10.1 Å². The van der Waals surface area contributed by atoms with Gasteiger partial charge in [0.2, 0.25) is 5.78 Å². The van der Waals surface area contributed by atoms with Gasteiger partial charge >= 0.3 is 0 Å². The summed E-state index contributed by atoms with van der Waals surface area (Å²) in [5, 5.41) is 12.6. The summed E-state index contributed by atoms with van der Waals surface area (Å²) in [6.45, 7) is 2.57. The maximum Gasteiger partial charge on any atom is 0.205 e. The van der Waals surface area contributed by atoms with Gasteiger partial charge in [-0.05, 0) is 12.5 Å². The quantitative estimate of drug-likeness (QED) is 0.517. The van der Waals surface area contributed by atoms with Crippen molar-refractivity contribution in [2.45, 2.75) is 6.92 Å². The number of benzene rings is 2. The summed E-state index contributed by atoms with van der Waals surface area (Å²) >= 11 is 0. The molecule has 0 heterocycles. The number of nitrogens with one attached hydrogen (secondary N) is 1. The van der Waals surface area contributed by atoms with Crippen LogP contribution in [0.3, 0.4) is 0 Å². The number of rotatable bonds is 5. The Morgan fingerprint density at radius 2 is 1.52 bits per heavy atom. The molecule has 1 N–H and O–H groups in total. The van der Waals surface area contributed by atoms with Gasteiger partial charge in [0.1, 0.15) is 11.6 Å². The Morgan fingerprint density at radius 3 is 2.00 bits per heavy atom. The topological polar surface area (TPSA) is 52.9 Å². The molecule has 0 spiro atoms. The molecule has 0 saturated carbocycles. The van der Waals surface area contributed by atoms with Crippen LogP contribution in [0.15, 0.2) is 66.2 Å². The normalized spacial score (nSPS) is 11.2. The van der Waals surface area contributed by atoms with E-state index in [1.54, 1.807) is 24.3 Å². The highest BCUT2D eigenvalue weighted by Gasteiger charge is 2.17. The third-order valence-corrected chi connectivity index (χ3v) is 3.04. The second-order valence-corrected chi connectivity index (χ2v) is 4.45. The van der Waals surface area contributed by atoms with E-state index in [4.69, 9.17) is 0 Å². The largest absolute Gasteiger partial charge is 0.384 e. The van der Waals surface area contributed by atoms with Gasteiger partial charge in [-0.2, -0.15) is 5.26 Å². The van der Waals surface area contributed by atoms with Crippen LogP contribution in [-0.4, -0.2) is 12.3 Å². The highest BCUT2D eigenvalue weighted by atomic mass is 16.1. The molecule has 104 valence electrons. The number of Topliss-reactive ketones (excluding diaryl/α,β-unsaturated/α-hetero) is 1. The molecule has 0 amide bonds. The molecule has 0 bridgehead atoms. The van der Waals surface area contributed by atoms with Crippen molar-refractivity contribution < 1.29 is 4.79 Å². The Kier molecular flexibility index (Phi) is 4.89. The zero-order valence-electron chi connectivity index (χ0n) is 11.8. The molecule has 0 unspecified atom stereocenters. The van der Waals surface area contributed by atoms with Crippen LogP contribution in [0, 0.1) is 11.3 Å². The van der Waals surface area contributed by atoms with Gasteiger partial charge in [-0.15, -0.1) is 0 Å². The van der Waals surface area contributed by atoms with E-state index >= 15 is 0 Å². The van der Waals surface area contributed by atoms with Crippen molar-refractivity contribution in [1.82, 2.24) is 5.32 Å². The lowest BCUT2D eigenvalue weighted by atomic mass is 9.99. The molecule has 0 fully saturated rings. The van der Waals surface area contributed by atoms with E-state index in [1.165, 1.54) is 0 Å². The summed E-state index contributed by atoms with van der Waals surface area (Å²) in [4.78, 5) is 12.5. The summed E-state index contributed by atoms with van der Waals surface area (Å²) < 4.78 is 0. The zero-order valence-corrected chi connectivity index (χ0v) is 11.8. The van der Waals surface area contributed by atoms with Crippen LogP contribution in [-0.2, 0) is 0 Å². The van der Waals surface area contributed by atoms with E-state index in [1.807, 2.05) is 43.3 Å². The molecule has 2 aromatic carbocycles. The standard InChI is InChI=1S/C18H16N2O/c1-2-20-17(14-9-5-3-6-10-14)16(13-19)18(21)15-11-7-4-8-12-15/h3-12,20H,2H2,1H3. The SMILES string of the molecule is CCNC(=C(C#N)C(=O)c1ccccc1)c1ccccc1. The summed E-state index contributed by atoms with van der Waals surface area (Å²) in [6.07, 6.45) is 0. The summed E-state index contributed by atoms with van der Waals surface area (Å²) in [7, 11) is 0. The monoisotopic (exact) mass is 276 g/mol. The van der Waals surface area contributed by atoms with Crippen LogP contribution < -0.4 is 5.32 Å². The van der Waals surface area contributed by atoms with Gasteiger partial charge < -0.3 is 5.32 Å². The van der Waals surface area contributed by atoms with Crippen molar-refractivity contribution in [1.29, 1.82) is 5.26 Å². The highest BCUT2D eigenvalue weighted by molar-refractivity contribution is 6.15. The fourth-order valence-electron chi connectivity index (χ4n) is 2.07. The minimum absolute atomic E-state index is 0.134. The molecule has 0 aliphatic heterocycles. The van der Waals surface area contributed by atoms with Crippen molar-refractivity contribution in [2.24, 2.45) is 0 Å². The average Bonchev–Trinajstić information content (AvgIpc) is 2.56. The van der Waals surface area contributed by atoms with Crippen LogP contribution in [0.5, 0.6) is 0 Å². The fourth-order valence-corrected chi connectivity index (χ4v) is 2.07. The van der Waals surface area contributed by atoms with Crippen LogP contribution in [0.25, 0.3) is 5.70 Å². The number of hydrogen-bond acceptors (Lipinski definition) is 3. The third-order valence-electron chi connectivity index (χ3n) is 3.04. The molecule has 0 atom stereocenters. The minimum atomic E-state index is -0.266. The lowest BCUT2D eigenvalue weighted by molar-refractivity contribution is 0.103. The van der Waals surface area contributed by atoms with Crippen LogP contribution in [0.4, 0.5) is 0 Å². The summed E-state index contributed by atoms with van der Waals surface area (Å²) in [5.41, 5.74) is 2.06. The maximum absolute atomic E-state index is 12.5. The maximum atomic E-state index is 12.5. The highest BCUT2D eigenvalue weighted by Crippen LogP contribution is 2.19. The average molecular weight is 276 g/mol. The smallest absolute Gasteiger partial charge is 0.205 e. The van der Waals surface area contributed by atoms with E-state index in [-0.39, 0.29) is 11.4 Å². The first kappa shape index (κ1) is 14.5. The number of allylic oxidation sites excluding steroid dienone is 1. The Bertz CT molecular complexity index is 682. The number of hydrogen-bond donors (Lipinski definition) is 1. The minimum Gasteiger partial charge on any atom is -0.384 e. The lowest BCUT2D eigenvalue weighted by Crippen LogP contribution is -2.17. The molecule has 3 nitrogen and oxygen atoms in total. The van der Waals surface area contributed by atoms with E-state index < -0.39 is 0 Å². The molecular weight excluding hydrogens is 260 g/mol. The Morgan fingerprint density at radius 1 is 1.00 bits per heavy atom. The number of ketones is 1. The first-order valence-corrected chi connectivity index (χ1v) is 6.81. The molecule has 0 aliphatic carbocycles. The first-order chi connectivity index (χ1) is 10.3. The Hall–Kier alpha value is -2.86. The predicted octanol–water partition coefficient (Wildman–Crippen LogP) is 3.41. The molecule has 2 rings (SSSR count). The van der Waals surface area contributed by atoms with E-state index in [2.05, 4.69) is 11.4 Å². The molecule has 0 aliphatic rings. The molecular formula is C18H16N2O. The fraction of sp³-hybridized carbons (Fsp3) is 0.111. The van der Waals surface area contributed by atoms with E-state index in [0.29, 0.717) is 17.8 Å². The van der Waals surface area contributed by atoms with Gasteiger partial charge in [-0.1, -0.05) is 60.7 Å². The van der Waals surface area contributed by atoms with Gasteiger partial charge in [0.15, 0.2) is 0 Å². The van der Waals surface area contributed by atoms with Crippen molar-refractivity contribution in [2.75, 3.05) is 6.54 Å². The van der Waals surface area contributed by atoms with Gasteiger partial charge in [0.05, 0.1) is 5.70 Å². The summed E-state index contributed by atoms with van der Waals surface area (Å²) in [5.74, 6) is -0.266. The van der Waals surface area contributed by atoms with Crippen LogP contribution in [0.2, 0.25) is 0 Å². The van der Waals surface area contributed by atoms with Crippen molar-refractivity contribution in [3.63, 3.8) is 0 Å². The molecule has 0 radical (unpaired) electrons. The van der Waals surface area contributed by atoms with Gasteiger partial charge in [0, 0.05) is 12.1 Å². The van der Waals surface area contributed by atoms with Crippen molar-refractivity contribution >= 4 is 11.5 Å². The Balaban J connectivity index is 2.53. The molecule has 2 aromatic rings. The van der Waals surface area contributed by atoms with Gasteiger partial charge in [-0.25, -0.2) is 0 Å². The van der Waals surface area contributed by atoms with E-state index in [0.717, 1.165) is 5.56 Å². The van der Waals surface area contributed by atoms with Gasteiger partial charge in [-0.3, -0.25) is 4.79 Å². The molecule has 3 heteroatoms. The number of carbonyl (C=O) groups is 1. The second-order valence-electron chi connectivity index (χ2n) is 4.45. The van der Waals surface area contributed by atoms with Crippen molar-refractivity contribution in [3.8, 4) is 6.07 Å². The third kappa shape index (κ3) is 3.37. The second kappa shape index (κ2) is 7.06. The molecule has 21 heavy (non-hydrogen) atoms. The Labute approximate surface area is 124 Å².